The van der Waals surface area contributed by atoms with Crippen molar-refractivity contribution in [3.05, 3.63) is 71.8 Å². The lowest BCUT2D eigenvalue weighted by Gasteiger charge is -2.20. The van der Waals surface area contributed by atoms with Gasteiger partial charge in [0.25, 0.3) is 10.0 Å². The molecule has 7 heteroatoms. The molecule has 0 spiro atoms. The van der Waals surface area contributed by atoms with Crippen LogP contribution in [0.15, 0.2) is 81.4 Å². The number of ether oxygens (including phenoxy) is 1. The lowest BCUT2D eigenvalue weighted by Crippen LogP contribution is -2.13. The molecule has 0 saturated heterocycles. The summed E-state index contributed by atoms with van der Waals surface area (Å²) in [4.78, 5) is 2.01. The highest BCUT2D eigenvalue weighted by Crippen LogP contribution is 2.47. The second-order valence-electron chi connectivity index (χ2n) is 5.37. The number of benzene rings is 3. The maximum atomic E-state index is 12.5. The zero-order valence-corrected chi connectivity index (χ0v) is 15.2. The van der Waals surface area contributed by atoms with E-state index in [0.29, 0.717) is 16.5 Å². The van der Waals surface area contributed by atoms with Crippen LogP contribution in [-0.4, -0.2) is 8.42 Å². The van der Waals surface area contributed by atoms with Crippen LogP contribution >= 0.6 is 23.4 Å². The van der Waals surface area contributed by atoms with Gasteiger partial charge in [0, 0.05) is 5.02 Å². The van der Waals surface area contributed by atoms with E-state index in [1.54, 1.807) is 42.1 Å². The van der Waals surface area contributed by atoms with Crippen molar-refractivity contribution in [1.29, 1.82) is 0 Å². The number of sulfonamides is 1. The van der Waals surface area contributed by atoms with Crippen LogP contribution in [0.5, 0.6) is 11.5 Å². The van der Waals surface area contributed by atoms with Gasteiger partial charge in [-0.25, -0.2) is 8.42 Å². The van der Waals surface area contributed by atoms with E-state index in [2.05, 4.69) is 4.72 Å². The summed E-state index contributed by atoms with van der Waals surface area (Å²) < 4.78 is 33.4. The Morgan fingerprint density at radius 2 is 1.60 bits per heavy atom. The largest absolute Gasteiger partial charge is 0.455 e. The van der Waals surface area contributed by atoms with E-state index < -0.39 is 10.0 Å². The Labute approximate surface area is 154 Å². The minimum absolute atomic E-state index is 0.156. The molecule has 0 fully saturated rings. The highest BCUT2D eigenvalue weighted by atomic mass is 35.5. The molecule has 3 aromatic carbocycles. The number of para-hydroxylation sites is 1. The number of hydrogen-bond acceptors (Lipinski definition) is 4. The minimum Gasteiger partial charge on any atom is -0.455 e. The molecule has 0 radical (unpaired) electrons. The first-order chi connectivity index (χ1) is 12.0. The third-order valence-corrected chi connectivity index (χ3v) is 6.35. The van der Waals surface area contributed by atoms with Gasteiger partial charge in [0.15, 0.2) is 0 Å². The van der Waals surface area contributed by atoms with Gasteiger partial charge in [-0.15, -0.1) is 0 Å². The quantitative estimate of drug-likeness (QED) is 0.509. The van der Waals surface area contributed by atoms with E-state index in [-0.39, 0.29) is 4.90 Å². The normalized spacial score (nSPS) is 12.7. The Morgan fingerprint density at radius 3 is 2.40 bits per heavy atom. The molecule has 0 amide bonds. The Balaban J connectivity index is 1.62. The van der Waals surface area contributed by atoms with Crippen molar-refractivity contribution in [2.45, 2.75) is 14.7 Å². The number of fused-ring (bicyclic) bond motifs is 2. The SMILES string of the molecule is O=S(=O)(Nc1ccc2c(c1)Sc1ccccc1O2)c1ccc(Cl)cc1. The van der Waals surface area contributed by atoms with E-state index in [1.807, 2.05) is 24.3 Å². The fourth-order valence-corrected chi connectivity index (χ4v) is 4.58. The first-order valence-electron chi connectivity index (χ1n) is 7.38. The molecular formula is C18H12ClNO3S2. The van der Waals surface area contributed by atoms with Gasteiger partial charge in [0.2, 0.25) is 0 Å². The molecule has 0 aromatic heterocycles. The van der Waals surface area contributed by atoms with Crippen LogP contribution in [0.3, 0.4) is 0 Å². The lowest BCUT2D eigenvalue weighted by molar-refractivity contribution is 0.454. The highest BCUT2D eigenvalue weighted by molar-refractivity contribution is 7.99. The molecule has 25 heavy (non-hydrogen) atoms. The number of hydrogen-bond donors (Lipinski definition) is 1. The summed E-state index contributed by atoms with van der Waals surface area (Å²) in [5.41, 5.74) is 0.476. The summed E-state index contributed by atoms with van der Waals surface area (Å²) in [7, 11) is -3.68. The molecule has 3 aromatic rings. The van der Waals surface area contributed by atoms with Crippen LogP contribution in [0.25, 0.3) is 0 Å². The van der Waals surface area contributed by atoms with Crippen molar-refractivity contribution in [3.8, 4) is 11.5 Å². The zero-order chi connectivity index (χ0) is 17.4. The molecule has 1 N–H and O–H groups in total. The molecule has 4 rings (SSSR count). The molecular weight excluding hydrogens is 378 g/mol. The van der Waals surface area contributed by atoms with Gasteiger partial charge < -0.3 is 4.74 Å². The van der Waals surface area contributed by atoms with Crippen molar-refractivity contribution in [2.75, 3.05) is 4.72 Å². The number of halogens is 1. The minimum atomic E-state index is -3.68. The standard InChI is InChI=1S/C18H12ClNO3S2/c19-12-5-8-14(9-6-12)25(21,22)20-13-7-10-16-18(11-13)24-17-4-2-1-3-15(17)23-16/h1-11,20H. The van der Waals surface area contributed by atoms with Crippen LogP contribution in [0, 0.1) is 0 Å². The van der Waals surface area contributed by atoms with Crippen molar-refractivity contribution >= 4 is 39.1 Å². The maximum Gasteiger partial charge on any atom is 0.261 e. The molecule has 1 aliphatic heterocycles. The molecule has 126 valence electrons. The van der Waals surface area contributed by atoms with E-state index in [1.165, 1.54) is 12.1 Å². The summed E-state index contributed by atoms with van der Waals surface area (Å²) in [6.45, 7) is 0. The molecule has 1 aliphatic rings. The smallest absolute Gasteiger partial charge is 0.261 e. The van der Waals surface area contributed by atoms with Crippen molar-refractivity contribution in [2.24, 2.45) is 0 Å². The van der Waals surface area contributed by atoms with Gasteiger partial charge in [0.05, 0.1) is 20.4 Å². The molecule has 0 bridgehead atoms. The van der Waals surface area contributed by atoms with Crippen molar-refractivity contribution in [3.63, 3.8) is 0 Å². The number of rotatable bonds is 3. The van der Waals surface area contributed by atoms with Crippen LogP contribution in [-0.2, 0) is 10.0 Å². The predicted molar refractivity (Wildman–Crippen MR) is 99.3 cm³/mol. The van der Waals surface area contributed by atoms with E-state index in [0.717, 1.165) is 15.5 Å². The van der Waals surface area contributed by atoms with Crippen molar-refractivity contribution < 1.29 is 13.2 Å². The Bertz CT molecular complexity index is 1050. The molecule has 0 unspecified atom stereocenters. The Hall–Kier alpha value is -2.15. The van der Waals surface area contributed by atoms with Gasteiger partial charge >= 0.3 is 0 Å². The molecule has 0 atom stereocenters. The summed E-state index contributed by atoms with van der Waals surface area (Å²) in [5.74, 6) is 1.51. The fourth-order valence-electron chi connectivity index (χ4n) is 2.42. The lowest BCUT2D eigenvalue weighted by atomic mass is 10.3. The van der Waals surface area contributed by atoms with Crippen molar-refractivity contribution in [1.82, 2.24) is 0 Å². The average molecular weight is 390 g/mol. The third-order valence-electron chi connectivity index (χ3n) is 3.61. The molecule has 1 heterocycles. The predicted octanol–water partition coefficient (Wildman–Crippen LogP) is 5.40. The first-order valence-corrected chi connectivity index (χ1v) is 10.1. The second kappa shape index (κ2) is 6.29. The summed E-state index contributed by atoms with van der Waals surface area (Å²) in [6.07, 6.45) is 0. The van der Waals surface area contributed by atoms with E-state index in [4.69, 9.17) is 16.3 Å². The highest BCUT2D eigenvalue weighted by Gasteiger charge is 2.19. The van der Waals surface area contributed by atoms with Crippen LogP contribution in [0.2, 0.25) is 5.02 Å². The summed E-state index contributed by atoms with van der Waals surface area (Å²) in [5, 5.41) is 0.486. The topological polar surface area (TPSA) is 55.4 Å². The van der Waals surface area contributed by atoms with Gasteiger partial charge in [0.1, 0.15) is 11.5 Å². The van der Waals surface area contributed by atoms with E-state index in [9.17, 15) is 8.42 Å². The zero-order valence-electron chi connectivity index (χ0n) is 12.8. The average Bonchev–Trinajstić information content (AvgIpc) is 2.60. The van der Waals surface area contributed by atoms with Crippen LogP contribution in [0.4, 0.5) is 5.69 Å². The maximum absolute atomic E-state index is 12.5. The summed E-state index contributed by atoms with van der Waals surface area (Å²) >= 11 is 7.35. The number of anilines is 1. The van der Waals surface area contributed by atoms with Crippen LogP contribution < -0.4 is 9.46 Å². The molecule has 0 saturated carbocycles. The molecule has 4 nitrogen and oxygen atoms in total. The van der Waals surface area contributed by atoms with E-state index >= 15 is 0 Å². The summed E-state index contributed by atoms with van der Waals surface area (Å²) in [6, 6.07) is 19.0. The second-order valence-corrected chi connectivity index (χ2v) is 8.57. The van der Waals surface area contributed by atoms with Gasteiger partial charge in [-0.05, 0) is 54.6 Å². The monoisotopic (exact) mass is 389 g/mol. The fraction of sp³-hybridized carbons (Fsp3) is 0. The first kappa shape index (κ1) is 16.3. The Morgan fingerprint density at radius 1 is 0.880 bits per heavy atom. The van der Waals surface area contributed by atoms with Gasteiger partial charge in [-0.2, -0.15) is 0 Å². The Kier molecular flexibility index (Phi) is 4.11. The van der Waals surface area contributed by atoms with Gasteiger partial charge in [-0.3, -0.25) is 4.72 Å². The van der Waals surface area contributed by atoms with Gasteiger partial charge in [-0.1, -0.05) is 35.5 Å². The number of nitrogens with one attached hydrogen (secondary N) is 1. The third kappa shape index (κ3) is 3.33. The van der Waals surface area contributed by atoms with Crippen LogP contribution in [0.1, 0.15) is 0 Å². The molecule has 0 aliphatic carbocycles.